The molecule has 0 heterocycles. The van der Waals surface area contributed by atoms with Gasteiger partial charge in [-0.05, 0) is 14.1 Å². The van der Waals surface area contributed by atoms with Gasteiger partial charge in [0.05, 0.1) is 6.07 Å². The molecule has 2 heteroatoms. The van der Waals surface area contributed by atoms with Crippen molar-refractivity contribution in [3.05, 3.63) is 0 Å². The lowest BCUT2D eigenvalue weighted by Crippen LogP contribution is -1.89. The van der Waals surface area contributed by atoms with Crippen molar-refractivity contribution in [2.24, 2.45) is 0 Å². The molecule has 0 saturated carbocycles. The summed E-state index contributed by atoms with van der Waals surface area (Å²) in [6.45, 7) is 1.43. The van der Waals surface area contributed by atoms with Crippen molar-refractivity contribution in [3.8, 4) is 6.07 Å². The lowest BCUT2D eigenvalue weighted by Gasteiger charge is -1.59. The molecular formula is C4H10N2. The average Bonchev–Trinajstić information content (AvgIpc) is 1.39. The third-order valence-electron chi connectivity index (χ3n) is 0. The first kappa shape index (κ1) is 9.07. The second kappa shape index (κ2) is 25.2. The maximum absolute atomic E-state index is 7.32. The summed E-state index contributed by atoms with van der Waals surface area (Å²) < 4.78 is 0. The summed E-state index contributed by atoms with van der Waals surface area (Å²) in [4.78, 5) is 0. The molecule has 0 spiro atoms. The number of hydrogen-bond acceptors (Lipinski definition) is 2. The Kier molecular flexibility index (Phi) is 38.1. The van der Waals surface area contributed by atoms with Gasteiger partial charge in [-0.2, -0.15) is 5.26 Å². The highest BCUT2D eigenvalue weighted by atomic mass is 14.7. The average molecular weight is 86.1 g/mol. The number of hydrogen-bond donors (Lipinski definition) is 1. The van der Waals surface area contributed by atoms with Gasteiger partial charge in [0.1, 0.15) is 0 Å². The zero-order valence-electron chi connectivity index (χ0n) is 4.45. The first-order valence-corrected chi connectivity index (χ1v) is 1.72. The van der Waals surface area contributed by atoms with Crippen LogP contribution in [0.2, 0.25) is 0 Å². The second-order valence-corrected chi connectivity index (χ2v) is 0.724. The van der Waals surface area contributed by atoms with E-state index in [0.29, 0.717) is 0 Å². The van der Waals surface area contributed by atoms with Crippen molar-refractivity contribution >= 4 is 0 Å². The molecule has 0 aromatic heterocycles. The molecule has 2 nitrogen and oxygen atoms in total. The molecule has 0 saturated heterocycles. The van der Waals surface area contributed by atoms with E-state index in [9.17, 15) is 0 Å². The van der Waals surface area contributed by atoms with Gasteiger partial charge >= 0.3 is 0 Å². The van der Waals surface area contributed by atoms with Gasteiger partial charge in [-0.25, -0.2) is 0 Å². The lowest BCUT2D eigenvalue weighted by atomic mass is 11.0. The summed E-state index contributed by atoms with van der Waals surface area (Å²) in [6.07, 6.45) is 0. The standard InChI is InChI=1S/C2H7N.C2H3N/c1-3-2;1-2-3/h3H,1-2H3;1H3. The van der Waals surface area contributed by atoms with E-state index < -0.39 is 0 Å². The first-order valence-electron chi connectivity index (χ1n) is 1.72. The first-order chi connectivity index (χ1) is 2.83. The molecule has 0 aromatic rings. The van der Waals surface area contributed by atoms with Crippen LogP contribution >= 0.6 is 0 Å². The third-order valence-corrected chi connectivity index (χ3v) is 0. The van der Waals surface area contributed by atoms with Crippen LogP contribution in [0, 0.1) is 11.3 Å². The van der Waals surface area contributed by atoms with E-state index in [4.69, 9.17) is 5.26 Å². The van der Waals surface area contributed by atoms with E-state index in [1.54, 1.807) is 6.07 Å². The van der Waals surface area contributed by atoms with Crippen LogP contribution in [0.15, 0.2) is 0 Å². The highest BCUT2D eigenvalue weighted by Gasteiger charge is 1.25. The Morgan fingerprint density at radius 3 is 1.50 bits per heavy atom. The van der Waals surface area contributed by atoms with Crippen LogP contribution in [-0.2, 0) is 0 Å². The molecule has 0 aliphatic heterocycles. The topological polar surface area (TPSA) is 35.8 Å². The van der Waals surface area contributed by atoms with E-state index in [-0.39, 0.29) is 0 Å². The van der Waals surface area contributed by atoms with E-state index in [1.807, 2.05) is 14.1 Å². The summed E-state index contributed by atoms with van der Waals surface area (Å²) in [6, 6.07) is 1.75. The minimum atomic E-state index is 1.43. The molecule has 0 fully saturated rings. The fourth-order valence-electron chi connectivity index (χ4n) is 0. The predicted molar refractivity (Wildman–Crippen MR) is 26.3 cm³/mol. The molecular weight excluding hydrogens is 76.1 g/mol. The molecule has 36 valence electrons. The Bertz CT molecular complexity index is 35.3. The Labute approximate surface area is 38.8 Å². The van der Waals surface area contributed by atoms with Crippen molar-refractivity contribution < 1.29 is 0 Å². The maximum atomic E-state index is 7.32. The van der Waals surface area contributed by atoms with Crippen molar-refractivity contribution in [3.63, 3.8) is 0 Å². The Balaban J connectivity index is 0. The molecule has 0 aromatic carbocycles. The van der Waals surface area contributed by atoms with E-state index in [1.165, 1.54) is 6.92 Å². The summed E-state index contributed by atoms with van der Waals surface area (Å²) in [5.74, 6) is 0. The molecule has 0 unspecified atom stereocenters. The number of nitrogens with zero attached hydrogens (tertiary/aromatic N) is 1. The molecule has 0 aliphatic rings. The highest BCUT2D eigenvalue weighted by molar-refractivity contribution is 4.51. The molecule has 0 radical (unpaired) electrons. The second-order valence-electron chi connectivity index (χ2n) is 0.724. The van der Waals surface area contributed by atoms with Gasteiger partial charge in [-0.3, -0.25) is 0 Å². The normalized spacial score (nSPS) is 4.33. The van der Waals surface area contributed by atoms with E-state index in [2.05, 4.69) is 5.32 Å². The minimum Gasteiger partial charge on any atom is -0.323 e. The van der Waals surface area contributed by atoms with E-state index >= 15 is 0 Å². The molecule has 0 amide bonds. The number of nitriles is 1. The molecule has 0 rings (SSSR count). The Hall–Kier alpha value is -0.550. The predicted octanol–water partition coefficient (Wildman–Crippen LogP) is 0.365. The minimum absolute atomic E-state index is 1.43. The van der Waals surface area contributed by atoms with Crippen LogP contribution < -0.4 is 5.32 Å². The summed E-state index contributed by atoms with van der Waals surface area (Å²) in [5.41, 5.74) is 0. The van der Waals surface area contributed by atoms with Crippen LogP contribution in [-0.4, -0.2) is 14.1 Å². The van der Waals surface area contributed by atoms with Gasteiger partial charge in [0.2, 0.25) is 0 Å². The fraction of sp³-hybridized carbons (Fsp3) is 0.750. The van der Waals surface area contributed by atoms with Crippen LogP contribution in [0.5, 0.6) is 0 Å². The van der Waals surface area contributed by atoms with Crippen molar-refractivity contribution in [1.82, 2.24) is 5.32 Å². The highest BCUT2D eigenvalue weighted by Crippen LogP contribution is 1.21. The largest absolute Gasteiger partial charge is 0.323 e. The molecule has 0 atom stereocenters. The lowest BCUT2D eigenvalue weighted by molar-refractivity contribution is 1.02. The van der Waals surface area contributed by atoms with E-state index in [0.717, 1.165) is 0 Å². The third kappa shape index (κ3) is 68.5. The van der Waals surface area contributed by atoms with Crippen LogP contribution in [0.25, 0.3) is 0 Å². The van der Waals surface area contributed by atoms with Crippen LogP contribution in [0.3, 0.4) is 0 Å². The molecule has 6 heavy (non-hydrogen) atoms. The quantitative estimate of drug-likeness (QED) is 0.462. The summed E-state index contributed by atoms with van der Waals surface area (Å²) in [5, 5.41) is 10.1. The number of nitrogens with one attached hydrogen (secondary N) is 1. The van der Waals surface area contributed by atoms with Crippen LogP contribution in [0.1, 0.15) is 6.92 Å². The summed E-state index contributed by atoms with van der Waals surface area (Å²) >= 11 is 0. The molecule has 0 aliphatic carbocycles. The van der Waals surface area contributed by atoms with Crippen molar-refractivity contribution in [2.75, 3.05) is 14.1 Å². The SMILES string of the molecule is CC#N.CNC. The van der Waals surface area contributed by atoms with Gasteiger partial charge in [0.25, 0.3) is 0 Å². The zero-order chi connectivity index (χ0) is 5.41. The smallest absolute Gasteiger partial charge is 0.0587 e. The van der Waals surface area contributed by atoms with Gasteiger partial charge in [0, 0.05) is 6.92 Å². The van der Waals surface area contributed by atoms with Gasteiger partial charge in [-0.1, -0.05) is 0 Å². The fourth-order valence-corrected chi connectivity index (χ4v) is 0. The zero-order valence-corrected chi connectivity index (χ0v) is 4.45. The molecule has 0 bridgehead atoms. The maximum Gasteiger partial charge on any atom is 0.0587 e. The van der Waals surface area contributed by atoms with Gasteiger partial charge in [-0.15, -0.1) is 0 Å². The van der Waals surface area contributed by atoms with Crippen molar-refractivity contribution in [2.45, 2.75) is 6.92 Å². The monoisotopic (exact) mass is 86.1 g/mol. The Morgan fingerprint density at radius 1 is 1.50 bits per heavy atom. The van der Waals surface area contributed by atoms with Crippen LogP contribution in [0.4, 0.5) is 0 Å². The number of rotatable bonds is 0. The summed E-state index contributed by atoms with van der Waals surface area (Å²) in [7, 11) is 3.75. The molecule has 1 N–H and O–H groups in total. The van der Waals surface area contributed by atoms with Gasteiger partial charge in [0.15, 0.2) is 0 Å². The Morgan fingerprint density at radius 2 is 1.50 bits per heavy atom. The van der Waals surface area contributed by atoms with Gasteiger partial charge < -0.3 is 5.32 Å². The van der Waals surface area contributed by atoms with Crippen molar-refractivity contribution in [1.29, 1.82) is 5.26 Å².